The Balaban J connectivity index is 1.50. The molecule has 0 unspecified atom stereocenters. The van der Waals surface area contributed by atoms with Gasteiger partial charge in [0.2, 0.25) is 0 Å². The van der Waals surface area contributed by atoms with Crippen molar-refractivity contribution >= 4 is 16.4 Å². The fraction of sp³-hybridized carbons (Fsp3) is 0. The Labute approximate surface area is 249 Å². The molecule has 4 nitrogen and oxygen atoms in total. The van der Waals surface area contributed by atoms with Crippen LogP contribution in [0.1, 0.15) is 0 Å². The summed E-state index contributed by atoms with van der Waals surface area (Å²) in [5.41, 5.74) is 10.6. The molecule has 0 aliphatic rings. The maximum Gasteiger partial charge on any atom is 0.166 e. The molecule has 8 aromatic rings. The van der Waals surface area contributed by atoms with E-state index in [1.54, 1.807) is 0 Å². The lowest BCUT2D eigenvalue weighted by atomic mass is 9.96. The number of fused-ring (bicyclic) bond motifs is 2. The van der Waals surface area contributed by atoms with E-state index in [2.05, 4.69) is 103 Å². The van der Waals surface area contributed by atoms with E-state index in [1.165, 1.54) is 0 Å². The highest BCUT2D eigenvalue weighted by molar-refractivity contribution is 6.07. The fourth-order valence-electron chi connectivity index (χ4n) is 5.84. The van der Waals surface area contributed by atoms with E-state index in [1.807, 2.05) is 59.2 Å². The van der Waals surface area contributed by atoms with Gasteiger partial charge in [0.1, 0.15) is 5.69 Å². The van der Waals surface area contributed by atoms with E-state index < -0.39 is 0 Å². The van der Waals surface area contributed by atoms with Crippen molar-refractivity contribution in [1.82, 2.24) is 19.6 Å². The van der Waals surface area contributed by atoms with Crippen LogP contribution in [0.5, 0.6) is 0 Å². The number of rotatable bonds is 5. The molecule has 0 fully saturated rings. The number of nitrogens with zero attached hydrogens (tertiary/aromatic N) is 4. The molecule has 202 valence electrons. The molecule has 5 aromatic carbocycles. The van der Waals surface area contributed by atoms with Gasteiger partial charge in [-0.1, -0.05) is 146 Å². The molecule has 0 amide bonds. The Morgan fingerprint density at radius 3 is 1.65 bits per heavy atom. The normalized spacial score (nSPS) is 11.3. The van der Waals surface area contributed by atoms with Gasteiger partial charge in [0.25, 0.3) is 0 Å². The van der Waals surface area contributed by atoms with Crippen molar-refractivity contribution in [3.8, 4) is 56.2 Å². The van der Waals surface area contributed by atoms with Crippen LogP contribution in [-0.4, -0.2) is 19.6 Å². The Kier molecular flexibility index (Phi) is 6.08. The van der Waals surface area contributed by atoms with Gasteiger partial charge in [-0.25, -0.2) is 9.50 Å². The number of hydrogen-bond donors (Lipinski definition) is 0. The molecule has 0 atom stereocenters. The van der Waals surface area contributed by atoms with Crippen LogP contribution in [0.15, 0.2) is 158 Å². The van der Waals surface area contributed by atoms with Crippen molar-refractivity contribution < 1.29 is 0 Å². The molecule has 4 heteroatoms. The first-order valence-electron chi connectivity index (χ1n) is 14.4. The molecule has 0 spiro atoms. The average molecular weight is 551 g/mol. The van der Waals surface area contributed by atoms with Crippen LogP contribution in [0.3, 0.4) is 0 Å². The quantitative estimate of drug-likeness (QED) is 0.214. The summed E-state index contributed by atoms with van der Waals surface area (Å²) in [6.45, 7) is 0. The summed E-state index contributed by atoms with van der Waals surface area (Å²) in [5, 5.41) is 7.47. The molecule has 43 heavy (non-hydrogen) atoms. The molecule has 8 rings (SSSR count). The van der Waals surface area contributed by atoms with E-state index in [-0.39, 0.29) is 0 Å². The van der Waals surface area contributed by atoms with Gasteiger partial charge in [0.05, 0.1) is 22.6 Å². The van der Waals surface area contributed by atoms with Gasteiger partial charge in [0.15, 0.2) is 5.65 Å². The lowest BCUT2D eigenvalue weighted by molar-refractivity contribution is 0.953. The van der Waals surface area contributed by atoms with Crippen LogP contribution < -0.4 is 0 Å². The average Bonchev–Trinajstić information content (AvgIpc) is 3.48. The first-order valence-corrected chi connectivity index (χ1v) is 14.4. The highest BCUT2D eigenvalue weighted by Crippen LogP contribution is 2.41. The molecule has 0 N–H and O–H groups in total. The number of aromatic nitrogens is 4. The predicted octanol–water partition coefficient (Wildman–Crippen LogP) is 9.61. The van der Waals surface area contributed by atoms with Crippen molar-refractivity contribution in [2.24, 2.45) is 0 Å². The topological polar surface area (TPSA) is 43.1 Å². The molecular formula is C39H26N4. The van der Waals surface area contributed by atoms with E-state index in [4.69, 9.17) is 15.1 Å². The van der Waals surface area contributed by atoms with Crippen molar-refractivity contribution in [2.75, 3.05) is 0 Å². The van der Waals surface area contributed by atoms with Crippen LogP contribution in [-0.2, 0) is 0 Å². The summed E-state index contributed by atoms with van der Waals surface area (Å²) in [6.07, 6.45) is 1.99. The van der Waals surface area contributed by atoms with Gasteiger partial charge in [-0.3, -0.25) is 4.98 Å². The van der Waals surface area contributed by atoms with Crippen LogP contribution >= 0.6 is 0 Å². The van der Waals surface area contributed by atoms with Crippen molar-refractivity contribution in [3.63, 3.8) is 0 Å². The van der Waals surface area contributed by atoms with Crippen LogP contribution in [0.25, 0.3) is 72.6 Å². The molecule has 3 heterocycles. The van der Waals surface area contributed by atoms with Crippen LogP contribution in [0.4, 0.5) is 0 Å². The Morgan fingerprint density at radius 2 is 1.00 bits per heavy atom. The molecule has 0 saturated heterocycles. The zero-order valence-corrected chi connectivity index (χ0v) is 23.3. The van der Waals surface area contributed by atoms with E-state index in [9.17, 15) is 0 Å². The van der Waals surface area contributed by atoms with Gasteiger partial charge in [-0.15, -0.1) is 0 Å². The Bertz CT molecular complexity index is 2210. The molecule has 0 bridgehead atoms. The minimum atomic E-state index is 0.768. The summed E-state index contributed by atoms with van der Waals surface area (Å²) in [5.74, 6) is 0. The van der Waals surface area contributed by atoms with Gasteiger partial charge in [-0.05, 0) is 17.0 Å². The number of benzene rings is 5. The molecule has 3 aromatic heterocycles. The van der Waals surface area contributed by atoms with E-state index in [0.717, 1.165) is 72.6 Å². The second-order valence-corrected chi connectivity index (χ2v) is 10.5. The van der Waals surface area contributed by atoms with E-state index >= 15 is 0 Å². The zero-order chi connectivity index (χ0) is 28.6. The minimum Gasteiger partial charge on any atom is -0.255 e. The standard InChI is InChI=1S/C39H26N4/c1-5-15-27(16-6-1)33-26-40-38(32-24-14-13-23-31(32)33)36-37(30-21-11-4-12-22-30)42-43-35(29-19-9-3-10-20-29)25-34(41-39(36)43)28-17-7-2-8-18-28/h1-26H. The second-order valence-electron chi connectivity index (χ2n) is 10.5. The van der Waals surface area contributed by atoms with E-state index in [0.29, 0.717) is 0 Å². The van der Waals surface area contributed by atoms with Crippen molar-refractivity contribution in [2.45, 2.75) is 0 Å². The molecule has 0 aliphatic carbocycles. The Hall–Kier alpha value is -5.87. The largest absolute Gasteiger partial charge is 0.255 e. The second kappa shape index (κ2) is 10.5. The molecule has 0 saturated carbocycles. The lowest BCUT2D eigenvalue weighted by Crippen LogP contribution is -1.99. The van der Waals surface area contributed by atoms with Crippen LogP contribution in [0, 0.1) is 0 Å². The third-order valence-corrected chi connectivity index (χ3v) is 7.89. The van der Waals surface area contributed by atoms with Gasteiger partial charge >= 0.3 is 0 Å². The first-order chi connectivity index (χ1) is 21.3. The number of pyridine rings is 1. The monoisotopic (exact) mass is 550 g/mol. The maximum atomic E-state index is 5.30. The fourth-order valence-corrected chi connectivity index (χ4v) is 5.84. The molecular weight excluding hydrogens is 524 g/mol. The smallest absolute Gasteiger partial charge is 0.166 e. The van der Waals surface area contributed by atoms with Crippen molar-refractivity contribution in [1.29, 1.82) is 0 Å². The highest BCUT2D eigenvalue weighted by atomic mass is 15.3. The molecule has 0 aliphatic heterocycles. The minimum absolute atomic E-state index is 0.768. The maximum absolute atomic E-state index is 5.30. The summed E-state index contributed by atoms with van der Waals surface area (Å²) >= 11 is 0. The first kappa shape index (κ1) is 24.9. The third kappa shape index (κ3) is 4.37. The summed E-state index contributed by atoms with van der Waals surface area (Å²) < 4.78 is 1.99. The van der Waals surface area contributed by atoms with Gasteiger partial charge < -0.3 is 0 Å². The lowest BCUT2D eigenvalue weighted by Gasteiger charge is -2.12. The third-order valence-electron chi connectivity index (χ3n) is 7.89. The summed E-state index contributed by atoms with van der Waals surface area (Å²) in [7, 11) is 0. The molecule has 0 radical (unpaired) electrons. The predicted molar refractivity (Wildman–Crippen MR) is 175 cm³/mol. The Morgan fingerprint density at radius 1 is 0.465 bits per heavy atom. The van der Waals surface area contributed by atoms with Crippen LogP contribution in [0.2, 0.25) is 0 Å². The highest BCUT2D eigenvalue weighted by Gasteiger charge is 2.24. The number of hydrogen-bond acceptors (Lipinski definition) is 3. The SMILES string of the molecule is c1ccc(-c2cc(-c3ccccc3)n3nc(-c4ccccc4)c(-c4ncc(-c5ccccc5)c5ccccc45)c3n2)cc1. The van der Waals surface area contributed by atoms with Crippen molar-refractivity contribution in [3.05, 3.63) is 158 Å². The van der Waals surface area contributed by atoms with Gasteiger partial charge in [-0.2, -0.15) is 5.10 Å². The van der Waals surface area contributed by atoms with Gasteiger partial charge in [0, 0.05) is 33.8 Å². The zero-order valence-electron chi connectivity index (χ0n) is 23.3. The summed E-state index contributed by atoms with van der Waals surface area (Å²) in [6, 6.07) is 52.1. The summed E-state index contributed by atoms with van der Waals surface area (Å²) in [4.78, 5) is 10.5.